The van der Waals surface area contributed by atoms with Crippen molar-refractivity contribution in [3.05, 3.63) is 57.1 Å². The third-order valence-corrected chi connectivity index (χ3v) is 5.94. The van der Waals surface area contributed by atoms with Gasteiger partial charge in [-0.15, -0.1) is 11.3 Å². The van der Waals surface area contributed by atoms with Gasteiger partial charge in [0.05, 0.1) is 10.0 Å². The normalized spacial score (nSPS) is 10.8. The van der Waals surface area contributed by atoms with Gasteiger partial charge in [-0.3, -0.25) is 14.6 Å². The van der Waals surface area contributed by atoms with E-state index in [1.54, 1.807) is 32.3 Å². The van der Waals surface area contributed by atoms with Gasteiger partial charge in [-0.25, -0.2) is 9.82 Å². The number of nitrogens with zero attached hydrogens (tertiary/aromatic N) is 1. The number of nitrogens with one attached hydrogen (secondary N) is 2. The van der Waals surface area contributed by atoms with Gasteiger partial charge < -0.3 is 10.1 Å². The van der Waals surface area contributed by atoms with Gasteiger partial charge in [0.2, 0.25) is 0 Å². The Balaban J connectivity index is 1.69. The molecule has 10 heteroatoms. The van der Waals surface area contributed by atoms with Gasteiger partial charge in [0.25, 0.3) is 11.8 Å². The van der Waals surface area contributed by atoms with Gasteiger partial charge >= 0.3 is 0 Å². The molecule has 3 aromatic rings. The minimum atomic E-state index is -0.567. The third kappa shape index (κ3) is 4.79. The highest BCUT2D eigenvalue weighted by Crippen LogP contribution is 2.37. The fourth-order valence-corrected chi connectivity index (χ4v) is 4.14. The maximum Gasteiger partial charge on any atom is 0.279 e. The molecule has 0 saturated carbocycles. The fourth-order valence-electron chi connectivity index (χ4n) is 2.45. The number of anilines is 1. The van der Waals surface area contributed by atoms with Crippen LogP contribution in [0.15, 0.2) is 36.4 Å². The molecule has 0 atom stereocenters. The van der Waals surface area contributed by atoms with E-state index in [2.05, 4.69) is 10.7 Å². The SMILES string of the molecule is CNN(C)C(=O)c1sc2cc(OCC(=O)Nc3ccc(F)c(Cl)c3)ccc2c1Cl. The van der Waals surface area contributed by atoms with Crippen molar-refractivity contribution in [2.75, 3.05) is 26.0 Å². The molecule has 152 valence electrons. The molecular formula is C19H16Cl2FN3O3S. The lowest BCUT2D eigenvalue weighted by atomic mass is 10.2. The summed E-state index contributed by atoms with van der Waals surface area (Å²) in [7, 11) is 3.24. The van der Waals surface area contributed by atoms with Crippen LogP contribution in [-0.4, -0.2) is 37.5 Å². The van der Waals surface area contributed by atoms with Crippen LogP contribution in [0.1, 0.15) is 9.67 Å². The van der Waals surface area contributed by atoms with Crippen LogP contribution in [0, 0.1) is 5.82 Å². The zero-order valence-electron chi connectivity index (χ0n) is 15.4. The van der Waals surface area contributed by atoms with Crippen LogP contribution in [0.5, 0.6) is 5.75 Å². The topological polar surface area (TPSA) is 70.7 Å². The second kappa shape index (κ2) is 8.96. The molecule has 1 aromatic heterocycles. The largest absolute Gasteiger partial charge is 0.484 e. The van der Waals surface area contributed by atoms with E-state index in [0.29, 0.717) is 21.3 Å². The van der Waals surface area contributed by atoms with Crippen LogP contribution < -0.4 is 15.5 Å². The van der Waals surface area contributed by atoms with Gasteiger partial charge in [0.15, 0.2) is 6.61 Å². The molecule has 2 aromatic carbocycles. The highest BCUT2D eigenvalue weighted by atomic mass is 35.5. The van der Waals surface area contributed by atoms with E-state index >= 15 is 0 Å². The molecule has 0 spiro atoms. The lowest BCUT2D eigenvalue weighted by Gasteiger charge is -2.13. The number of halogens is 3. The van der Waals surface area contributed by atoms with Crippen LogP contribution in [0.25, 0.3) is 10.1 Å². The van der Waals surface area contributed by atoms with Crippen molar-refractivity contribution in [3.8, 4) is 5.75 Å². The second-order valence-electron chi connectivity index (χ2n) is 5.96. The molecule has 0 fully saturated rings. The van der Waals surface area contributed by atoms with E-state index in [-0.39, 0.29) is 17.5 Å². The Hall–Kier alpha value is -2.39. The Morgan fingerprint density at radius 2 is 1.97 bits per heavy atom. The summed E-state index contributed by atoms with van der Waals surface area (Å²) in [5.74, 6) is -0.798. The summed E-state index contributed by atoms with van der Waals surface area (Å²) < 4.78 is 19.4. The smallest absolute Gasteiger partial charge is 0.279 e. The Morgan fingerprint density at radius 1 is 1.21 bits per heavy atom. The summed E-state index contributed by atoms with van der Waals surface area (Å²) in [5.41, 5.74) is 3.10. The van der Waals surface area contributed by atoms with Crippen LogP contribution in [0.2, 0.25) is 10.0 Å². The Labute approximate surface area is 180 Å². The van der Waals surface area contributed by atoms with Crippen molar-refractivity contribution < 1.29 is 18.7 Å². The maximum absolute atomic E-state index is 13.2. The first kappa shape index (κ1) is 21.3. The zero-order valence-corrected chi connectivity index (χ0v) is 17.7. The van der Waals surface area contributed by atoms with Gasteiger partial charge in [-0.1, -0.05) is 23.2 Å². The average molecular weight is 456 g/mol. The van der Waals surface area contributed by atoms with Gasteiger partial charge in [0.1, 0.15) is 16.4 Å². The molecule has 6 nitrogen and oxygen atoms in total. The molecule has 0 aliphatic heterocycles. The molecule has 0 radical (unpaired) electrons. The number of ether oxygens (including phenoxy) is 1. The van der Waals surface area contributed by atoms with Crippen LogP contribution in [0.3, 0.4) is 0 Å². The highest BCUT2D eigenvalue weighted by molar-refractivity contribution is 7.21. The summed E-state index contributed by atoms with van der Waals surface area (Å²) in [6.07, 6.45) is 0. The number of hydrogen-bond acceptors (Lipinski definition) is 5. The predicted octanol–water partition coefficient (Wildman–Crippen LogP) is 4.57. The number of carbonyl (C=O) groups is 2. The minimum absolute atomic E-state index is 0.0852. The molecular weight excluding hydrogens is 440 g/mol. The monoisotopic (exact) mass is 455 g/mol. The molecule has 0 unspecified atom stereocenters. The van der Waals surface area contributed by atoms with Crippen molar-refractivity contribution in [2.45, 2.75) is 0 Å². The number of hydrazine groups is 1. The minimum Gasteiger partial charge on any atom is -0.484 e. The number of amides is 2. The number of benzene rings is 2. The molecule has 0 saturated heterocycles. The van der Waals surface area contributed by atoms with E-state index in [4.69, 9.17) is 27.9 Å². The van der Waals surface area contributed by atoms with Gasteiger partial charge in [-0.2, -0.15) is 0 Å². The van der Waals surface area contributed by atoms with Gasteiger partial charge in [-0.05, 0) is 36.4 Å². The molecule has 0 bridgehead atoms. The molecule has 1 heterocycles. The quantitative estimate of drug-likeness (QED) is 0.534. The first-order valence-corrected chi connectivity index (χ1v) is 9.92. The number of carbonyl (C=O) groups excluding carboxylic acids is 2. The van der Waals surface area contributed by atoms with Crippen molar-refractivity contribution >= 4 is 62.1 Å². The van der Waals surface area contributed by atoms with Gasteiger partial charge in [0, 0.05) is 29.9 Å². The summed E-state index contributed by atoms with van der Waals surface area (Å²) >= 11 is 13.3. The first-order chi connectivity index (χ1) is 13.8. The molecule has 2 N–H and O–H groups in total. The summed E-state index contributed by atoms with van der Waals surface area (Å²) in [5, 5.41) is 4.92. The van der Waals surface area contributed by atoms with E-state index in [1.165, 1.54) is 28.5 Å². The molecule has 3 rings (SSSR count). The zero-order chi connectivity index (χ0) is 21.1. The molecule has 29 heavy (non-hydrogen) atoms. The fraction of sp³-hybridized carbons (Fsp3) is 0.158. The summed E-state index contributed by atoms with van der Waals surface area (Å²) in [4.78, 5) is 24.8. The summed E-state index contributed by atoms with van der Waals surface area (Å²) in [6.45, 7) is -0.256. The number of thiophene rings is 1. The average Bonchev–Trinajstić information content (AvgIpc) is 3.04. The maximum atomic E-state index is 13.2. The highest BCUT2D eigenvalue weighted by Gasteiger charge is 2.20. The summed E-state index contributed by atoms with van der Waals surface area (Å²) in [6, 6.07) is 8.99. The predicted molar refractivity (Wildman–Crippen MR) is 114 cm³/mol. The Bertz CT molecular complexity index is 1090. The Morgan fingerprint density at radius 3 is 2.66 bits per heavy atom. The Kier molecular flexibility index (Phi) is 6.59. The van der Waals surface area contributed by atoms with E-state index in [9.17, 15) is 14.0 Å². The van der Waals surface area contributed by atoms with Crippen molar-refractivity contribution in [1.82, 2.24) is 10.4 Å². The van der Waals surface area contributed by atoms with E-state index < -0.39 is 11.7 Å². The molecule has 0 aliphatic carbocycles. The van der Waals surface area contributed by atoms with E-state index in [0.717, 1.165) is 16.2 Å². The van der Waals surface area contributed by atoms with Crippen LogP contribution in [0.4, 0.5) is 10.1 Å². The number of hydrogen-bond donors (Lipinski definition) is 2. The lowest BCUT2D eigenvalue weighted by Crippen LogP contribution is -2.36. The molecule has 2 amide bonds. The van der Waals surface area contributed by atoms with Crippen molar-refractivity contribution in [2.24, 2.45) is 0 Å². The second-order valence-corrected chi connectivity index (χ2v) is 7.79. The standard InChI is InChI=1S/C19H16Cl2FN3O3S/c1-23-25(2)19(27)18-17(21)12-5-4-11(8-15(12)29-18)28-9-16(26)24-10-3-6-14(22)13(20)7-10/h3-8,23H,9H2,1-2H3,(H,24,26). The molecule has 0 aliphatic rings. The third-order valence-electron chi connectivity index (χ3n) is 4.01. The number of rotatable bonds is 6. The first-order valence-electron chi connectivity index (χ1n) is 8.35. The van der Waals surface area contributed by atoms with Crippen molar-refractivity contribution in [3.63, 3.8) is 0 Å². The van der Waals surface area contributed by atoms with Crippen LogP contribution in [-0.2, 0) is 4.79 Å². The van der Waals surface area contributed by atoms with E-state index in [1.807, 2.05) is 0 Å². The van der Waals surface area contributed by atoms with Crippen LogP contribution >= 0.6 is 34.5 Å². The number of fused-ring (bicyclic) bond motifs is 1. The lowest BCUT2D eigenvalue weighted by molar-refractivity contribution is -0.118. The van der Waals surface area contributed by atoms with Crippen molar-refractivity contribution in [1.29, 1.82) is 0 Å².